The van der Waals surface area contributed by atoms with E-state index in [-0.39, 0.29) is 0 Å². The number of nitrogens with one attached hydrogen (secondary N) is 3. The summed E-state index contributed by atoms with van der Waals surface area (Å²) in [7, 11) is 0. The number of fused-ring (bicyclic) bond motifs is 1. The van der Waals surface area contributed by atoms with Crippen LogP contribution in [0.5, 0.6) is 0 Å². The SMILES string of the molecule is c1cc2c(N[C@@H]3CCCNC3)c(-c3ncon3)cnc2[nH]1. The average molecular weight is 284 g/mol. The highest BCUT2D eigenvalue weighted by Crippen LogP contribution is 2.32. The number of nitrogens with zero attached hydrogens (tertiary/aromatic N) is 3. The summed E-state index contributed by atoms with van der Waals surface area (Å²) in [5.41, 5.74) is 2.73. The molecule has 0 unspecified atom stereocenters. The molecule has 7 nitrogen and oxygen atoms in total. The third-order valence-electron chi connectivity index (χ3n) is 3.83. The van der Waals surface area contributed by atoms with Gasteiger partial charge in [-0.05, 0) is 25.5 Å². The van der Waals surface area contributed by atoms with Crippen molar-refractivity contribution in [3.05, 3.63) is 24.9 Å². The van der Waals surface area contributed by atoms with Crippen LogP contribution in [0.15, 0.2) is 29.4 Å². The minimum absolute atomic E-state index is 0.393. The van der Waals surface area contributed by atoms with Gasteiger partial charge in [-0.15, -0.1) is 0 Å². The van der Waals surface area contributed by atoms with Crippen LogP contribution in [0.3, 0.4) is 0 Å². The van der Waals surface area contributed by atoms with Crippen molar-refractivity contribution in [3.63, 3.8) is 0 Å². The molecular formula is C14H16N6O. The molecule has 0 spiro atoms. The van der Waals surface area contributed by atoms with E-state index in [0.29, 0.717) is 11.9 Å². The van der Waals surface area contributed by atoms with Gasteiger partial charge in [-0.25, -0.2) is 4.98 Å². The standard InChI is InChI=1S/C14H16N6O/c1-2-9(6-15-4-1)19-12-10-3-5-16-13(10)17-7-11(12)14-18-8-21-20-14/h3,5,7-9,15H,1-2,4,6H2,(H2,16,17,19)/t9-/m1/s1. The van der Waals surface area contributed by atoms with Gasteiger partial charge in [0.15, 0.2) is 0 Å². The number of piperidine rings is 1. The molecule has 7 heteroatoms. The molecule has 0 radical (unpaired) electrons. The lowest BCUT2D eigenvalue weighted by Crippen LogP contribution is -2.38. The summed E-state index contributed by atoms with van der Waals surface area (Å²) in [6.45, 7) is 2.05. The second-order valence-corrected chi connectivity index (χ2v) is 5.23. The van der Waals surface area contributed by atoms with E-state index in [2.05, 4.69) is 30.7 Å². The molecule has 3 N–H and O–H groups in total. The normalized spacial score (nSPS) is 19.0. The lowest BCUT2D eigenvalue weighted by Gasteiger charge is -2.26. The van der Waals surface area contributed by atoms with Gasteiger partial charge in [0.1, 0.15) is 5.65 Å². The van der Waals surface area contributed by atoms with Crippen LogP contribution in [0.2, 0.25) is 0 Å². The van der Waals surface area contributed by atoms with Gasteiger partial charge in [-0.1, -0.05) is 5.16 Å². The first-order valence-corrected chi connectivity index (χ1v) is 7.12. The fourth-order valence-electron chi connectivity index (χ4n) is 2.80. The van der Waals surface area contributed by atoms with E-state index in [1.807, 2.05) is 12.3 Å². The summed E-state index contributed by atoms with van der Waals surface area (Å²) in [4.78, 5) is 11.7. The Labute approximate surface area is 121 Å². The van der Waals surface area contributed by atoms with E-state index in [9.17, 15) is 0 Å². The first kappa shape index (κ1) is 12.3. The molecule has 0 aliphatic carbocycles. The summed E-state index contributed by atoms with van der Waals surface area (Å²) in [5, 5.41) is 12.0. The number of aromatic nitrogens is 4. The minimum atomic E-state index is 0.393. The second kappa shape index (κ2) is 5.17. The molecule has 0 aromatic carbocycles. The van der Waals surface area contributed by atoms with Crippen LogP contribution in [-0.4, -0.2) is 39.2 Å². The van der Waals surface area contributed by atoms with Crippen LogP contribution in [0, 0.1) is 0 Å². The Morgan fingerprint density at radius 3 is 3.14 bits per heavy atom. The molecule has 0 saturated carbocycles. The van der Waals surface area contributed by atoms with Crippen LogP contribution >= 0.6 is 0 Å². The Kier molecular flexibility index (Phi) is 3.04. The van der Waals surface area contributed by atoms with Crippen LogP contribution in [0.25, 0.3) is 22.4 Å². The first-order valence-electron chi connectivity index (χ1n) is 7.12. The van der Waals surface area contributed by atoms with E-state index < -0.39 is 0 Å². The molecule has 0 bridgehead atoms. The van der Waals surface area contributed by atoms with E-state index in [4.69, 9.17) is 4.52 Å². The zero-order chi connectivity index (χ0) is 14.1. The number of anilines is 1. The van der Waals surface area contributed by atoms with Crippen LogP contribution in [0.1, 0.15) is 12.8 Å². The summed E-state index contributed by atoms with van der Waals surface area (Å²) in [5.74, 6) is 0.553. The van der Waals surface area contributed by atoms with Gasteiger partial charge in [0.25, 0.3) is 0 Å². The Balaban J connectivity index is 1.79. The predicted octanol–water partition coefficient (Wildman–Crippen LogP) is 1.78. The topological polar surface area (TPSA) is 91.7 Å². The smallest absolute Gasteiger partial charge is 0.214 e. The summed E-state index contributed by atoms with van der Waals surface area (Å²) < 4.78 is 4.87. The molecule has 3 aromatic heterocycles. The number of H-pyrrole nitrogens is 1. The third-order valence-corrected chi connectivity index (χ3v) is 3.83. The maximum absolute atomic E-state index is 4.87. The molecule has 1 fully saturated rings. The zero-order valence-electron chi connectivity index (χ0n) is 11.5. The monoisotopic (exact) mass is 284 g/mol. The molecule has 4 heterocycles. The minimum Gasteiger partial charge on any atom is -0.380 e. The fraction of sp³-hybridized carbons (Fsp3) is 0.357. The molecule has 1 saturated heterocycles. The van der Waals surface area contributed by atoms with Gasteiger partial charge in [0.2, 0.25) is 12.2 Å². The van der Waals surface area contributed by atoms with Crippen LogP contribution < -0.4 is 10.6 Å². The largest absolute Gasteiger partial charge is 0.380 e. The van der Waals surface area contributed by atoms with Gasteiger partial charge in [-0.3, -0.25) is 0 Å². The Bertz CT molecular complexity index is 729. The number of pyridine rings is 1. The number of rotatable bonds is 3. The quantitative estimate of drug-likeness (QED) is 0.679. The molecule has 1 aliphatic rings. The lowest BCUT2D eigenvalue weighted by molar-refractivity contribution is 0.418. The molecular weight excluding hydrogens is 268 g/mol. The Morgan fingerprint density at radius 1 is 1.33 bits per heavy atom. The van der Waals surface area contributed by atoms with E-state index in [1.54, 1.807) is 6.20 Å². The first-order chi connectivity index (χ1) is 10.4. The lowest BCUT2D eigenvalue weighted by atomic mass is 10.1. The fourth-order valence-corrected chi connectivity index (χ4v) is 2.80. The maximum atomic E-state index is 4.87. The van der Waals surface area contributed by atoms with Crippen molar-refractivity contribution in [2.24, 2.45) is 0 Å². The second-order valence-electron chi connectivity index (χ2n) is 5.23. The molecule has 21 heavy (non-hydrogen) atoms. The highest BCUT2D eigenvalue weighted by atomic mass is 16.5. The van der Waals surface area contributed by atoms with Gasteiger partial charge in [0.05, 0.1) is 11.3 Å². The molecule has 4 rings (SSSR count). The zero-order valence-corrected chi connectivity index (χ0v) is 11.5. The van der Waals surface area contributed by atoms with E-state index >= 15 is 0 Å². The summed E-state index contributed by atoms with van der Waals surface area (Å²) in [6, 6.07) is 2.41. The molecule has 108 valence electrons. The number of hydrogen-bond donors (Lipinski definition) is 3. The highest BCUT2D eigenvalue weighted by molar-refractivity contribution is 5.97. The van der Waals surface area contributed by atoms with Gasteiger partial charge >= 0.3 is 0 Å². The Hall–Kier alpha value is -2.41. The van der Waals surface area contributed by atoms with Gasteiger partial charge in [0, 0.05) is 30.4 Å². The molecule has 1 aliphatic heterocycles. The summed E-state index contributed by atoms with van der Waals surface area (Å²) in [6.07, 6.45) is 7.33. The van der Waals surface area contributed by atoms with Crippen molar-refractivity contribution in [2.45, 2.75) is 18.9 Å². The van der Waals surface area contributed by atoms with Crippen molar-refractivity contribution in [3.8, 4) is 11.4 Å². The van der Waals surface area contributed by atoms with E-state index in [1.165, 1.54) is 12.8 Å². The average Bonchev–Trinajstić information content (AvgIpc) is 3.20. The molecule has 0 amide bonds. The van der Waals surface area contributed by atoms with Crippen LogP contribution in [-0.2, 0) is 0 Å². The predicted molar refractivity (Wildman–Crippen MR) is 78.9 cm³/mol. The van der Waals surface area contributed by atoms with Crippen molar-refractivity contribution in [1.29, 1.82) is 0 Å². The van der Waals surface area contributed by atoms with Crippen molar-refractivity contribution in [2.75, 3.05) is 18.4 Å². The third kappa shape index (κ3) is 2.25. The molecule has 3 aromatic rings. The maximum Gasteiger partial charge on any atom is 0.214 e. The van der Waals surface area contributed by atoms with Crippen molar-refractivity contribution in [1.82, 2.24) is 25.4 Å². The Morgan fingerprint density at radius 2 is 2.33 bits per heavy atom. The van der Waals surface area contributed by atoms with Crippen molar-refractivity contribution < 1.29 is 4.52 Å². The number of aromatic amines is 1. The molecule has 1 atom stereocenters. The highest BCUT2D eigenvalue weighted by Gasteiger charge is 2.19. The van der Waals surface area contributed by atoms with Crippen molar-refractivity contribution >= 4 is 16.7 Å². The summed E-state index contributed by atoms with van der Waals surface area (Å²) >= 11 is 0. The van der Waals surface area contributed by atoms with Gasteiger partial charge < -0.3 is 20.1 Å². The van der Waals surface area contributed by atoms with E-state index in [0.717, 1.165) is 41.8 Å². The van der Waals surface area contributed by atoms with Crippen LogP contribution in [0.4, 0.5) is 5.69 Å². The number of hydrogen-bond acceptors (Lipinski definition) is 6. The van der Waals surface area contributed by atoms with Gasteiger partial charge in [-0.2, -0.15) is 4.98 Å².